The van der Waals surface area contributed by atoms with Crippen molar-refractivity contribution < 1.29 is 9.90 Å². The number of rotatable bonds is 2. The average molecular weight is 320 g/mol. The van der Waals surface area contributed by atoms with Crippen molar-refractivity contribution in [3.63, 3.8) is 0 Å². The van der Waals surface area contributed by atoms with E-state index < -0.39 is 6.10 Å². The van der Waals surface area contributed by atoms with Crippen molar-refractivity contribution in [2.45, 2.75) is 19.4 Å². The van der Waals surface area contributed by atoms with Crippen LogP contribution >= 0.6 is 11.6 Å². The number of β-amino-alcohol motifs (C(OH)–C–C–N with tert-alkyl or cyclic N) is 1. The van der Waals surface area contributed by atoms with Crippen LogP contribution in [0.25, 0.3) is 11.3 Å². The summed E-state index contributed by atoms with van der Waals surface area (Å²) in [6.07, 6.45) is 1.86. The lowest BCUT2D eigenvalue weighted by atomic mass is 9.95. The molecule has 22 heavy (non-hydrogen) atoms. The van der Waals surface area contributed by atoms with Gasteiger partial charge >= 0.3 is 0 Å². The molecular weight excluding hydrogens is 302 g/mol. The van der Waals surface area contributed by atoms with Gasteiger partial charge in [0, 0.05) is 23.7 Å². The van der Waals surface area contributed by atoms with Crippen LogP contribution in [-0.2, 0) is 0 Å². The van der Waals surface area contributed by atoms with Crippen LogP contribution in [0.1, 0.15) is 23.7 Å². The number of carbonyl (C=O) groups is 1. The monoisotopic (exact) mass is 319 g/mol. The van der Waals surface area contributed by atoms with Gasteiger partial charge in [0.05, 0.1) is 23.6 Å². The second-order valence-electron chi connectivity index (χ2n) is 5.75. The zero-order valence-electron chi connectivity index (χ0n) is 12.3. The number of amides is 1. The highest BCUT2D eigenvalue weighted by Crippen LogP contribution is 2.26. The van der Waals surface area contributed by atoms with Crippen molar-refractivity contribution >= 4 is 17.5 Å². The fraction of sp³-hybridized carbons (Fsp3) is 0.375. The van der Waals surface area contributed by atoms with Gasteiger partial charge in [0.2, 0.25) is 0 Å². The van der Waals surface area contributed by atoms with E-state index in [1.807, 2.05) is 19.1 Å². The predicted molar refractivity (Wildman–Crippen MR) is 84.7 cm³/mol. The lowest BCUT2D eigenvalue weighted by molar-refractivity contribution is 0.0249. The summed E-state index contributed by atoms with van der Waals surface area (Å²) in [7, 11) is 0. The number of benzene rings is 1. The normalized spacial score (nSPS) is 21.9. The van der Waals surface area contributed by atoms with Crippen molar-refractivity contribution in [3.05, 3.63) is 41.0 Å². The largest absolute Gasteiger partial charge is 0.391 e. The van der Waals surface area contributed by atoms with Crippen LogP contribution < -0.4 is 0 Å². The summed E-state index contributed by atoms with van der Waals surface area (Å²) < 4.78 is 0. The van der Waals surface area contributed by atoms with Gasteiger partial charge in [0.25, 0.3) is 5.91 Å². The number of hydrogen-bond acceptors (Lipinski definition) is 3. The maximum atomic E-state index is 12.7. The quantitative estimate of drug-likeness (QED) is 0.894. The Balaban J connectivity index is 1.87. The number of aliphatic hydroxyl groups is 1. The highest BCUT2D eigenvalue weighted by atomic mass is 35.5. The summed E-state index contributed by atoms with van der Waals surface area (Å²) in [6, 6.07) is 7.28. The molecule has 116 valence electrons. The molecule has 2 aromatic rings. The number of hydrogen-bond donors (Lipinski definition) is 2. The Hall–Kier alpha value is -1.85. The summed E-state index contributed by atoms with van der Waals surface area (Å²) in [5.41, 5.74) is 1.98. The molecule has 2 N–H and O–H groups in total. The first-order valence-corrected chi connectivity index (χ1v) is 7.70. The molecule has 1 aromatic carbocycles. The van der Waals surface area contributed by atoms with Crippen LogP contribution in [0.2, 0.25) is 5.02 Å². The number of aromatic amines is 1. The maximum absolute atomic E-state index is 12.7. The predicted octanol–water partition coefficient (Wildman–Crippen LogP) is 2.57. The molecular formula is C16H18ClN3O2. The lowest BCUT2D eigenvalue weighted by Crippen LogP contribution is -2.45. The number of piperidine rings is 1. The van der Waals surface area contributed by atoms with Gasteiger partial charge < -0.3 is 10.0 Å². The van der Waals surface area contributed by atoms with Crippen molar-refractivity contribution in [2.75, 3.05) is 13.1 Å². The second kappa shape index (κ2) is 6.10. The van der Waals surface area contributed by atoms with Crippen LogP contribution in [0.3, 0.4) is 0 Å². The molecule has 0 aliphatic carbocycles. The van der Waals surface area contributed by atoms with Crippen LogP contribution in [0.4, 0.5) is 0 Å². The van der Waals surface area contributed by atoms with E-state index in [9.17, 15) is 9.90 Å². The summed E-state index contributed by atoms with van der Waals surface area (Å²) in [4.78, 5) is 14.4. The first-order valence-electron chi connectivity index (χ1n) is 7.33. The zero-order valence-corrected chi connectivity index (χ0v) is 13.0. The maximum Gasteiger partial charge on any atom is 0.257 e. The Labute approximate surface area is 133 Å². The molecule has 0 bridgehead atoms. The minimum absolute atomic E-state index is 0.116. The molecule has 1 amide bonds. The van der Waals surface area contributed by atoms with E-state index >= 15 is 0 Å². The molecule has 1 saturated heterocycles. The molecule has 2 heterocycles. The van der Waals surface area contributed by atoms with Crippen LogP contribution in [0, 0.1) is 5.92 Å². The first-order chi connectivity index (χ1) is 10.6. The summed E-state index contributed by atoms with van der Waals surface area (Å²) in [5.74, 6) is 0.107. The summed E-state index contributed by atoms with van der Waals surface area (Å²) >= 11 is 6.01. The van der Waals surface area contributed by atoms with E-state index in [0.29, 0.717) is 29.4 Å². The van der Waals surface area contributed by atoms with Gasteiger partial charge in [-0.15, -0.1) is 0 Å². The number of aliphatic hydroxyl groups excluding tert-OH is 1. The topological polar surface area (TPSA) is 69.2 Å². The second-order valence-corrected chi connectivity index (χ2v) is 6.19. The smallest absolute Gasteiger partial charge is 0.257 e. The Morgan fingerprint density at radius 1 is 1.50 bits per heavy atom. The highest BCUT2D eigenvalue weighted by molar-refractivity contribution is 6.30. The molecule has 0 saturated carbocycles. The van der Waals surface area contributed by atoms with Crippen molar-refractivity contribution in [1.82, 2.24) is 15.1 Å². The van der Waals surface area contributed by atoms with Crippen molar-refractivity contribution in [1.29, 1.82) is 0 Å². The van der Waals surface area contributed by atoms with Gasteiger partial charge in [-0.25, -0.2) is 0 Å². The third kappa shape index (κ3) is 2.87. The van der Waals surface area contributed by atoms with E-state index in [1.165, 1.54) is 6.20 Å². The van der Waals surface area contributed by atoms with Gasteiger partial charge in [-0.05, 0) is 24.5 Å². The molecule has 1 aliphatic rings. The fourth-order valence-corrected chi connectivity index (χ4v) is 2.91. The number of H-pyrrole nitrogens is 1. The third-order valence-corrected chi connectivity index (χ3v) is 4.42. The van der Waals surface area contributed by atoms with Gasteiger partial charge in [0.1, 0.15) is 0 Å². The molecule has 0 radical (unpaired) electrons. The lowest BCUT2D eigenvalue weighted by Gasteiger charge is -2.34. The van der Waals surface area contributed by atoms with Crippen LogP contribution in [0.5, 0.6) is 0 Å². The number of halogens is 1. The van der Waals surface area contributed by atoms with Gasteiger partial charge in [-0.3, -0.25) is 9.89 Å². The van der Waals surface area contributed by atoms with Gasteiger partial charge in [-0.2, -0.15) is 5.10 Å². The van der Waals surface area contributed by atoms with E-state index in [0.717, 1.165) is 12.0 Å². The number of carbonyl (C=O) groups excluding carboxylic acids is 1. The first kappa shape index (κ1) is 15.1. The van der Waals surface area contributed by atoms with Crippen LogP contribution in [0.15, 0.2) is 30.5 Å². The van der Waals surface area contributed by atoms with E-state index in [-0.39, 0.29) is 11.8 Å². The molecule has 1 aromatic heterocycles. The van der Waals surface area contributed by atoms with E-state index in [2.05, 4.69) is 10.2 Å². The molecule has 0 spiro atoms. The number of nitrogens with one attached hydrogen (secondary N) is 1. The number of nitrogens with zero attached hydrogens (tertiary/aromatic N) is 2. The SMILES string of the molecule is CC1CCN(C(=O)c2cn[nH]c2-c2cccc(Cl)c2)CC1O. The standard InChI is InChI=1S/C16H18ClN3O2/c1-10-5-6-20(9-14(10)21)16(22)13-8-18-19-15(13)11-3-2-4-12(17)7-11/h2-4,7-8,10,14,21H,5-6,9H2,1H3,(H,18,19). The van der Waals surface area contributed by atoms with Gasteiger partial charge in [0.15, 0.2) is 0 Å². The molecule has 6 heteroatoms. The van der Waals surface area contributed by atoms with Gasteiger partial charge in [-0.1, -0.05) is 30.7 Å². The van der Waals surface area contributed by atoms with Crippen molar-refractivity contribution in [2.24, 2.45) is 5.92 Å². The Morgan fingerprint density at radius 2 is 2.32 bits per heavy atom. The van der Waals surface area contributed by atoms with Crippen LogP contribution in [-0.4, -0.2) is 45.3 Å². The van der Waals surface area contributed by atoms with E-state index in [4.69, 9.17) is 11.6 Å². The zero-order chi connectivity index (χ0) is 15.7. The molecule has 2 unspecified atom stereocenters. The average Bonchev–Trinajstić information content (AvgIpc) is 2.99. The summed E-state index contributed by atoms with van der Waals surface area (Å²) in [5, 5.41) is 17.5. The fourth-order valence-electron chi connectivity index (χ4n) is 2.72. The summed E-state index contributed by atoms with van der Waals surface area (Å²) in [6.45, 7) is 3.01. The number of likely N-dealkylation sites (tertiary alicyclic amines) is 1. The minimum Gasteiger partial charge on any atom is -0.391 e. The van der Waals surface area contributed by atoms with E-state index in [1.54, 1.807) is 17.0 Å². The highest BCUT2D eigenvalue weighted by Gasteiger charge is 2.29. The van der Waals surface area contributed by atoms with Crippen molar-refractivity contribution in [3.8, 4) is 11.3 Å². The molecule has 2 atom stereocenters. The Kier molecular flexibility index (Phi) is 4.18. The molecule has 1 fully saturated rings. The number of aromatic nitrogens is 2. The minimum atomic E-state index is -0.473. The Bertz CT molecular complexity index is 686. The Morgan fingerprint density at radius 3 is 3.05 bits per heavy atom. The molecule has 3 rings (SSSR count). The third-order valence-electron chi connectivity index (χ3n) is 4.19. The molecule has 1 aliphatic heterocycles. The molecule has 5 nitrogen and oxygen atoms in total.